The Morgan fingerprint density at radius 2 is 1.86 bits per heavy atom. The van der Waals surface area contributed by atoms with Gasteiger partial charge in [0.1, 0.15) is 12.6 Å². The molecule has 0 bridgehead atoms. The average molecular weight is 600 g/mol. The van der Waals surface area contributed by atoms with Crippen LogP contribution in [-0.4, -0.2) is 82.4 Å². The topological polar surface area (TPSA) is 128 Å². The lowest BCUT2D eigenvalue weighted by molar-refractivity contribution is -0.140. The molecule has 1 aliphatic heterocycles. The van der Waals surface area contributed by atoms with Crippen molar-refractivity contribution in [3.05, 3.63) is 52.8 Å². The highest BCUT2D eigenvalue weighted by molar-refractivity contribution is 7.13. The minimum atomic E-state index is -0.794. The molecule has 2 amide bonds. The molecule has 42 heavy (non-hydrogen) atoms. The van der Waals surface area contributed by atoms with Crippen molar-refractivity contribution >= 4 is 23.2 Å². The van der Waals surface area contributed by atoms with Gasteiger partial charge in [-0.05, 0) is 30.9 Å². The smallest absolute Gasteiger partial charge is 0.243 e. The van der Waals surface area contributed by atoms with E-state index in [-0.39, 0.29) is 43.3 Å². The lowest BCUT2D eigenvalue weighted by atomic mass is 9.90. The van der Waals surface area contributed by atoms with E-state index in [4.69, 9.17) is 14.2 Å². The molecule has 1 saturated heterocycles. The minimum absolute atomic E-state index is 0.0803. The minimum Gasteiger partial charge on any atom is -0.472 e. The highest BCUT2D eigenvalue weighted by atomic mass is 32.1. The lowest BCUT2D eigenvalue weighted by Gasteiger charge is -2.30. The fourth-order valence-electron chi connectivity index (χ4n) is 5.28. The number of nitrogens with zero attached hydrogens (tertiary/aromatic N) is 4. The summed E-state index contributed by atoms with van der Waals surface area (Å²) in [6.45, 7) is 7.99. The van der Waals surface area contributed by atoms with Gasteiger partial charge >= 0.3 is 0 Å². The zero-order valence-corrected chi connectivity index (χ0v) is 26.1. The van der Waals surface area contributed by atoms with E-state index >= 15 is 0 Å². The van der Waals surface area contributed by atoms with Gasteiger partial charge in [0.15, 0.2) is 6.29 Å². The van der Waals surface area contributed by atoms with Crippen molar-refractivity contribution in [2.45, 2.75) is 64.5 Å². The molecule has 2 unspecified atom stereocenters. The first-order valence-electron chi connectivity index (χ1n) is 14.1. The van der Waals surface area contributed by atoms with Gasteiger partial charge in [-0.3, -0.25) is 9.59 Å². The Labute approximate surface area is 250 Å². The lowest BCUT2D eigenvalue weighted by Crippen LogP contribution is -2.48. The van der Waals surface area contributed by atoms with Crippen molar-refractivity contribution < 1.29 is 28.9 Å². The first-order valence-corrected chi connectivity index (χ1v) is 14.9. The maximum Gasteiger partial charge on any atom is 0.243 e. The van der Waals surface area contributed by atoms with Crippen LogP contribution in [0.2, 0.25) is 0 Å². The summed E-state index contributed by atoms with van der Waals surface area (Å²) in [6.07, 6.45) is -1.17. The van der Waals surface area contributed by atoms with Crippen LogP contribution in [0.1, 0.15) is 56.1 Å². The summed E-state index contributed by atoms with van der Waals surface area (Å²) in [4.78, 5) is 34.4. The van der Waals surface area contributed by atoms with Crippen LogP contribution in [0, 0.1) is 12.8 Å². The number of aryl methyl sites for hydroxylation is 2. The van der Waals surface area contributed by atoms with E-state index in [1.54, 1.807) is 29.1 Å². The molecule has 0 saturated carbocycles. The van der Waals surface area contributed by atoms with E-state index in [1.165, 1.54) is 19.1 Å². The number of carbonyl (C=O) groups excluding carboxylic acids is 2. The number of methoxy groups -OCH3 is 2. The van der Waals surface area contributed by atoms with Crippen LogP contribution >= 0.6 is 11.3 Å². The van der Waals surface area contributed by atoms with E-state index in [0.29, 0.717) is 11.6 Å². The number of amides is 2. The van der Waals surface area contributed by atoms with Crippen LogP contribution in [0.5, 0.6) is 5.88 Å². The number of rotatable bonds is 12. The first kappa shape index (κ1) is 31.6. The molecule has 11 nitrogen and oxygen atoms in total. The molecule has 2 N–H and O–H groups in total. The third-order valence-corrected chi connectivity index (χ3v) is 8.62. The molecule has 4 rings (SSSR count). The number of ether oxygens (including phenoxy) is 3. The normalized spacial score (nSPS) is 18.5. The van der Waals surface area contributed by atoms with Gasteiger partial charge < -0.3 is 29.5 Å². The maximum atomic E-state index is 14.0. The summed E-state index contributed by atoms with van der Waals surface area (Å²) in [6, 6.07) is 8.67. The molecule has 0 aliphatic carbocycles. The van der Waals surface area contributed by atoms with Gasteiger partial charge in [0.2, 0.25) is 17.7 Å². The van der Waals surface area contributed by atoms with Crippen LogP contribution in [0.3, 0.4) is 0 Å². The molecule has 2 aromatic heterocycles. The van der Waals surface area contributed by atoms with Crippen molar-refractivity contribution in [2.24, 2.45) is 13.0 Å². The summed E-state index contributed by atoms with van der Waals surface area (Å²) in [5.74, 6) is -0.840. The number of hydrogen-bond donors (Lipinski definition) is 2. The predicted molar refractivity (Wildman–Crippen MR) is 159 cm³/mol. The largest absolute Gasteiger partial charge is 0.472 e. The van der Waals surface area contributed by atoms with Gasteiger partial charge in [-0.15, -0.1) is 11.3 Å². The number of likely N-dealkylation sites (tertiary alicyclic amines) is 1. The standard InChI is InChI=1S/C30H41N5O6S/c1-17(2)27(23-13-25(34(5)33-23)41-15-26(39-6)40-7)30(38)35-14-22(36)12-24(35)29(37)32-18(3)20-8-10-21(11-9-20)28-19(4)31-16-42-28/h8-11,13,16-18,22,24,26-27,36H,12,14-15H2,1-7H3,(H,32,37)/t18?,22-,24+,27?/m1/s1. The number of carbonyl (C=O) groups is 2. The molecule has 3 heterocycles. The van der Waals surface area contributed by atoms with Gasteiger partial charge in [0.05, 0.1) is 39.8 Å². The Balaban J connectivity index is 1.47. The Bertz CT molecular complexity index is 1350. The van der Waals surface area contributed by atoms with E-state index in [1.807, 2.05) is 57.5 Å². The zero-order valence-electron chi connectivity index (χ0n) is 25.2. The molecule has 1 aliphatic rings. The van der Waals surface area contributed by atoms with Crippen molar-refractivity contribution in [1.29, 1.82) is 0 Å². The Hall–Kier alpha value is -3.32. The van der Waals surface area contributed by atoms with Crippen molar-refractivity contribution in [1.82, 2.24) is 25.0 Å². The zero-order chi connectivity index (χ0) is 30.6. The first-order chi connectivity index (χ1) is 20.0. The number of β-amino-alcohol motifs (C(OH)–C–C–N with tert-alkyl or cyclic N) is 1. The predicted octanol–water partition coefficient (Wildman–Crippen LogP) is 3.43. The van der Waals surface area contributed by atoms with Gasteiger partial charge in [-0.2, -0.15) is 5.10 Å². The monoisotopic (exact) mass is 599 g/mol. The molecular weight excluding hydrogens is 558 g/mol. The van der Waals surface area contributed by atoms with Crippen molar-refractivity contribution in [3.8, 4) is 16.3 Å². The SMILES string of the molecule is COC(COc1cc(C(C(=O)N2C[C@H](O)C[C@H]2C(=O)NC(C)c2ccc(-c3scnc3C)cc2)C(C)C)nn1C)OC. The van der Waals surface area contributed by atoms with E-state index in [9.17, 15) is 14.7 Å². The van der Waals surface area contributed by atoms with Crippen LogP contribution < -0.4 is 10.1 Å². The summed E-state index contributed by atoms with van der Waals surface area (Å²) >= 11 is 1.59. The van der Waals surface area contributed by atoms with Crippen LogP contribution in [0.4, 0.5) is 0 Å². The van der Waals surface area contributed by atoms with Gasteiger partial charge in [-0.25, -0.2) is 9.67 Å². The Kier molecular flexibility index (Phi) is 10.4. The summed E-state index contributed by atoms with van der Waals surface area (Å²) < 4.78 is 17.7. The molecule has 1 aromatic carbocycles. The Morgan fingerprint density at radius 1 is 1.17 bits per heavy atom. The fourth-order valence-corrected chi connectivity index (χ4v) is 6.09. The fraction of sp³-hybridized carbons (Fsp3) is 0.533. The summed E-state index contributed by atoms with van der Waals surface area (Å²) in [5.41, 5.74) is 5.36. The quantitative estimate of drug-likeness (QED) is 0.303. The van der Waals surface area contributed by atoms with Crippen LogP contribution in [0.25, 0.3) is 10.4 Å². The van der Waals surface area contributed by atoms with Crippen LogP contribution in [-0.2, 0) is 26.1 Å². The molecule has 4 atom stereocenters. The number of benzene rings is 1. The van der Waals surface area contributed by atoms with Crippen molar-refractivity contribution in [3.63, 3.8) is 0 Å². The molecule has 1 fully saturated rings. The van der Waals surface area contributed by atoms with E-state index < -0.39 is 24.4 Å². The third-order valence-electron chi connectivity index (χ3n) is 7.64. The molecule has 12 heteroatoms. The molecule has 0 spiro atoms. The Morgan fingerprint density at radius 3 is 2.45 bits per heavy atom. The van der Waals surface area contributed by atoms with Gasteiger partial charge in [0, 0.05) is 40.3 Å². The number of hydrogen-bond acceptors (Lipinski definition) is 9. The number of aromatic nitrogens is 3. The average Bonchev–Trinajstić information content (AvgIpc) is 3.67. The third kappa shape index (κ3) is 7.00. The number of thiazole rings is 1. The number of aliphatic hydroxyl groups is 1. The molecule has 0 radical (unpaired) electrons. The molecular formula is C30H41N5O6S. The van der Waals surface area contributed by atoms with Gasteiger partial charge in [0.25, 0.3) is 0 Å². The van der Waals surface area contributed by atoms with Gasteiger partial charge in [-0.1, -0.05) is 38.1 Å². The summed E-state index contributed by atoms with van der Waals surface area (Å²) in [7, 11) is 4.79. The summed E-state index contributed by atoms with van der Waals surface area (Å²) in [5, 5.41) is 18.1. The highest BCUT2D eigenvalue weighted by Crippen LogP contribution is 2.32. The second kappa shape index (κ2) is 13.8. The van der Waals surface area contributed by atoms with E-state index in [2.05, 4.69) is 15.4 Å². The molecule has 228 valence electrons. The van der Waals surface area contributed by atoms with Crippen LogP contribution in [0.15, 0.2) is 35.8 Å². The second-order valence-corrected chi connectivity index (χ2v) is 11.8. The van der Waals surface area contributed by atoms with E-state index in [0.717, 1.165) is 21.7 Å². The molecule has 3 aromatic rings. The number of aliphatic hydroxyl groups excluding tert-OH is 1. The highest BCUT2D eigenvalue weighted by Gasteiger charge is 2.43. The maximum absolute atomic E-state index is 14.0. The second-order valence-electron chi connectivity index (χ2n) is 11.0. The number of nitrogens with one attached hydrogen (secondary N) is 1. The van der Waals surface area contributed by atoms with Crippen molar-refractivity contribution in [2.75, 3.05) is 27.4 Å².